The molecule has 5 rings (SSSR count). The molecule has 0 N–H and O–H groups in total. The summed E-state index contributed by atoms with van der Waals surface area (Å²) >= 11 is 6.37. The van der Waals surface area contributed by atoms with Crippen LogP contribution in [0.25, 0.3) is 22.8 Å². The van der Waals surface area contributed by atoms with Gasteiger partial charge in [-0.2, -0.15) is 0 Å². The van der Waals surface area contributed by atoms with E-state index < -0.39 is 18.1 Å². The maximum atomic E-state index is 14.5. The molecule has 0 saturated heterocycles. The molecule has 0 spiro atoms. The van der Waals surface area contributed by atoms with E-state index >= 15 is 0 Å². The first-order chi connectivity index (χ1) is 22.8. The summed E-state index contributed by atoms with van der Waals surface area (Å²) in [4.78, 5) is 18.2. The van der Waals surface area contributed by atoms with Crippen LogP contribution in [-0.2, 0) is 21.2 Å². The maximum absolute atomic E-state index is 14.5. The highest BCUT2D eigenvalue weighted by Crippen LogP contribution is 2.39. The van der Waals surface area contributed by atoms with E-state index in [-0.39, 0.29) is 36.4 Å². The molecule has 1 aromatic carbocycles. The molecule has 15 heteroatoms. The third-order valence-corrected chi connectivity index (χ3v) is 11.8. The fourth-order valence-corrected chi connectivity index (χ4v) is 8.16. The zero-order chi connectivity index (χ0) is 34.6. The molecule has 3 aromatic heterocycles. The summed E-state index contributed by atoms with van der Waals surface area (Å²) in [5.41, 5.74) is 2.82. The number of pyridine rings is 1. The minimum absolute atomic E-state index is 0.00745. The van der Waals surface area contributed by atoms with Crippen LogP contribution in [0.4, 0.5) is 5.95 Å². The van der Waals surface area contributed by atoms with Crippen molar-refractivity contribution in [1.29, 1.82) is 0 Å². The van der Waals surface area contributed by atoms with E-state index in [9.17, 15) is 13.2 Å². The van der Waals surface area contributed by atoms with E-state index in [1.165, 1.54) is 31.0 Å². The molecule has 4 heterocycles. The fourth-order valence-electron chi connectivity index (χ4n) is 5.54. The van der Waals surface area contributed by atoms with Crippen LogP contribution in [0.15, 0.2) is 59.4 Å². The number of hydrogen-bond donors (Lipinski definition) is 0. The number of furan rings is 1. The Morgan fingerprint density at radius 3 is 2.42 bits per heavy atom. The number of para-hydroxylation sites is 1. The predicted octanol–water partition coefficient (Wildman–Crippen LogP) is 5.95. The number of benzene rings is 1. The van der Waals surface area contributed by atoms with E-state index in [4.69, 9.17) is 25.5 Å². The number of halogens is 1. The highest BCUT2D eigenvalue weighted by Gasteiger charge is 2.34. The number of rotatable bonds is 13. The Bertz CT molecular complexity index is 1880. The Kier molecular flexibility index (Phi) is 10.7. The van der Waals surface area contributed by atoms with Gasteiger partial charge in [0, 0.05) is 58.5 Å². The van der Waals surface area contributed by atoms with E-state index in [1.54, 1.807) is 46.7 Å². The lowest BCUT2D eigenvalue weighted by atomic mass is 9.97. The molecule has 1 amide bonds. The number of hydrogen-bond acceptors (Lipinski definition) is 9. The SMILES string of the molecule is COc1cccc(OC)c1-n1c(-c2ccco2)nnc1N(CC[Si](C)(C)C)S(=O)(=O)CCc1ncc(Cl)cc1C1=CCN(C(C)=O)CC1. The Morgan fingerprint density at radius 2 is 1.83 bits per heavy atom. The van der Waals surface area contributed by atoms with Crippen LogP contribution in [0.2, 0.25) is 30.7 Å². The number of nitrogens with zero attached hydrogens (tertiary/aromatic N) is 6. The summed E-state index contributed by atoms with van der Waals surface area (Å²) in [6.07, 6.45) is 5.77. The summed E-state index contributed by atoms with van der Waals surface area (Å²) in [5.74, 6) is 1.40. The zero-order valence-electron chi connectivity index (χ0n) is 28.1. The maximum Gasteiger partial charge on any atom is 0.246 e. The quantitative estimate of drug-likeness (QED) is 0.154. The number of ether oxygens (including phenoxy) is 2. The average Bonchev–Trinajstić information content (AvgIpc) is 3.74. The first-order valence-corrected chi connectivity index (χ1v) is 21.3. The smallest absolute Gasteiger partial charge is 0.246 e. The molecule has 0 fully saturated rings. The first-order valence-electron chi connectivity index (χ1n) is 15.6. The Balaban J connectivity index is 1.58. The molecule has 0 radical (unpaired) electrons. The number of sulfonamides is 1. The number of anilines is 1. The van der Waals surface area contributed by atoms with Gasteiger partial charge in [0.15, 0.2) is 5.76 Å². The van der Waals surface area contributed by atoms with Gasteiger partial charge in [0.05, 0.1) is 31.3 Å². The lowest BCUT2D eigenvalue weighted by Crippen LogP contribution is -2.39. The summed E-state index contributed by atoms with van der Waals surface area (Å²) < 4.78 is 49.2. The van der Waals surface area contributed by atoms with Gasteiger partial charge in [-0.15, -0.1) is 10.2 Å². The number of aromatic nitrogens is 4. The molecule has 48 heavy (non-hydrogen) atoms. The molecule has 256 valence electrons. The van der Waals surface area contributed by atoms with Crippen molar-refractivity contribution in [1.82, 2.24) is 24.6 Å². The summed E-state index contributed by atoms with van der Waals surface area (Å²) in [6.45, 7) is 9.35. The average molecular weight is 713 g/mol. The van der Waals surface area contributed by atoms with Crippen molar-refractivity contribution >= 4 is 47.1 Å². The number of methoxy groups -OCH3 is 2. The molecule has 0 bridgehead atoms. The zero-order valence-corrected chi connectivity index (χ0v) is 30.6. The Morgan fingerprint density at radius 1 is 1.10 bits per heavy atom. The summed E-state index contributed by atoms with van der Waals surface area (Å²) in [7, 11) is -2.70. The van der Waals surface area contributed by atoms with Crippen molar-refractivity contribution in [3.63, 3.8) is 0 Å². The molecule has 0 atom stereocenters. The van der Waals surface area contributed by atoms with Crippen LogP contribution in [0.3, 0.4) is 0 Å². The summed E-state index contributed by atoms with van der Waals surface area (Å²) in [5, 5.41) is 9.36. The van der Waals surface area contributed by atoms with Crippen LogP contribution in [-0.4, -0.2) is 86.7 Å². The topological polar surface area (TPSA) is 133 Å². The van der Waals surface area contributed by atoms with Crippen molar-refractivity contribution in [2.24, 2.45) is 0 Å². The number of carbonyl (C=O) groups excluding carboxylic acids is 1. The monoisotopic (exact) mass is 712 g/mol. The second-order valence-electron chi connectivity index (χ2n) is 12.7. The van der Waals surface area contributed by atoms with Gasteiger partial charge in [-0.05, 0) is 48.4 Å². The number of amides is 1. The molecule has 0 saturated carbocycles. The molecule has 1 aliphatic heterocycles. The number of aryl methyl sites for hydroxylation is 1. The highest BCUT2D eigenvalue weighted by atomic mass is 35.5. The standard InChI is InChI=1S/C33H41ClN6O6SSi/c1-23(41)38-15-12-24(13-16-38)26-21-25(34)22-35-27(26)14-19-47(42,43)39(17-20-48(4,5)6)33-37-36-32(30-11-8-18-46-30)40(33)31-28(44-2)9-7-10-29(31)45-3/h7-12,18,21-22H,13-17,19-20H2,1-6H3. The molecular formula is C33H41ClN6O6SSi. The minimum atomic E-state index is -4.02. The molecule has 4 aromatic rings. The second kappa shape index (κ2) is 14.5. The van der Waals surface area contributed by atoms with Gasteiger partial charge >= 0.3 is 0 Å². The van der Waals surface area contributed by atoms with Crippen LogP contribution in [0.5, 0.6) is 11.5 Å². The molecule has 1 aliphatic rings. The first kappa shape index (κ1) is 35.2. The molecular weight excluding hydrogens is 672 g/mol. The summed E-state index contributed by atoms with van der Waals surface area (Å²) in [6, 6.07) is 11.2. The number of carbonyl (C=O) groups is 1. The van der Waals surface area contributed by atoms with Gasteiger partial charge in [0.25, 0.3) is 0 Å². The van der Waals surface area contributed by atoms with Crippen LogP contribution in [0.1, 0.15) is 24.6 Å². The van der Waals surface area contributed by atoms with Crippen molar-refractivity contribution in [3.8, 4) is 28.8 Å². The van der Waals surface area contributed by atoms with Gasteiger partial charge < -0.3 is 18.8 Å². The van der Waals surface area contributed by atoms with Gasteiger partial charge in [0.2, 0.25) is 27.7 Å². The minimum Gasteiger partial charge on any atom is -0.494 e. The van der Waals surface area contributed by atoms with Crippen LogP contribution in [0, 0.1) is 0 Å². The molecule has 0 unspecified atom stereocenters. The lowest BCUT2D eigenvalue weighted by molar-refractivity contribution is -0.128. The van der Waals surface area contributed by atoms with Crippen molar-refractivity contribution < 1.29 is 27.1 Å². The van der Waals surface area contributed by atoms with Gasteiger partial charge in [-0.25, -0.2) is 12.7 Å². The van der Waals surface area contributed by atoms with Crippen molar-refractivity contribution in [3.05, 3.63) is 71.2 Å². The highest BCUT2D eigenvalue weighted by molar-refractivity contribution is 7.92. The van der Waals surface area contributed by atoms with Crippen LogP contribution < -0.4 is 13.8 Å². The Hall–Kier alpha value is -4.14. The van der Waals surface area contributed by atoms with Crippen LogP contribution >= 0.6 is 11.6 Å². The predicted molar refractivity (Wildman–Crippen MR) is 189 cm³/mol. The normalized spacial score (nSPS) is 13.7. The third-order valence-electron chi connectivity index (χ3n) is 8.17. The van der Waals surface area contributed by atoms with E-state index in [2.05, 4.69) is 34.8 Å². The third kappa shape index (κ3) is 7.77. The molecule has 12 nitrogen and oxygen atoms in total. The van der Waals surface area contributed by atoms with Crippen molar-refractivity contribution in [2.45, 2.75) is 45.5 Å². The fraction of sp³-hybridized carbons (Fsp3) is 0.394. The second-order valence-corrected chi connectivity index (χ2v) is 20.8. The van der Waals surface area contributed by atoms with E-state index in [0.717, 1.165) is 11.1 Å². The lowest BCUT2D eigenvalue weighted by Gasteiger charge is -2.28. The van der Waals surface area contributed by atoms with E-state index in [0.29, 0.717) is 59.2 Å². The van der Waals surface area contributed by atoms with Gasteiger partial charge in [-0.3, -0.25) is 14.3 Å². The van der Waals surface area contributed by atoms with E-state index in [1.807, 2.05) is 12.1 Å². The molecule has 0 aliphatic carbocycles. The Labute approximate surface area is 287 Å². The van der Waals surface area contributed by atoms with Gasteiger partial charge in [-0.1, -0.05) is 43.4 Å². The van der Waals surface area contributed by atoms with Gasteiger partial charge in [0.1, 0.15) is 17.2 Å². The van der Waals surface area contributed by atoms with Crippen molar-refractivity contribution in [2.75, 3.05) is 43.9 Å². The largest absolute Gasteiger partial charge is 0.494 e.